The number of H-pyrrole nitrogens is 1. The summed E-state index contributed by atoms with van der Waals surface area (Å²) in [7, 11) is 0. The molecule has 2 heterocycles. The van der Waals surface area contributed by atoms with Crippen molar-refractivity contribution in [1.82, 2.24) is 15.1 Å². The molecule has 0 fully saturated rings. The first-order valence-corrected chi connectivity index (χ1v) is 10.3. The average Bonchev–Trinajstić information content (AvgIpc) is 3.31. The molecule has 0 unspecified atom stereocenters. The van der Waals surface area contributed by atoms with Crippen molar-refractivity contribution >= 4 is 17.5 Å². The minimum Gasteiger partial charge on any atom is -0.330 e. The van der Waals surface area contributed by atoms with E-state index in [4.69, 9.17) is 5.26 Å². The van der Waals surface area contributed by atoms with Crippen LogP contribution in [0, 0.1) is 23.1 Å². The van der Waals surface area contributed by atoms with Gasteiger partial charge in [0, 0.05) is 29.6 Å². The second-order valence-electron chi connectivity index (χ2n) is 8.19. The quantitative estimate of drug-likeness (QED) is 0.638. The first kappa shape index (κ1) is 21.2. The minimum absolute atomic E-state index is 0.141. The minimum atomic E-state index is -0.726. The first-order valence-electron chi connectivity index (χ1n) is 10.3. The largest absolute Gasteiger partial charge is 0.330 e. The molecule has 4 rings (SSSR count). The Balaban J connectivity index is 1.81. The molecule has 0 saturated carbocycles. The monoisotopic (exact) mass is 431 g/mol. The van der Waals surface area contributed by atoms with E-state index in [0.717, 1.165) is 6.07 Å². The summed E-state index contributed by atoms with van der Waals surface area (Å²) >= 11 is 0. The third kappa shape index (κ3) is 3.85. The van der Waals surface area contributed by atoms with Gasteiger partial charge in [-0.15, -0.1) is 0 Å². The van der Waals surface area contributed by atoms with Crippen molar-refractivity contribution in [3.05, 3.63) is 82.9 Å². The lowest BCUT2D eigenvalue weighted by atomic mass is 9.79. The van der Waals surface area contributed by atoms with Crippen LogP contribution in [0.1, 0.15) is 52.9 Å². The van der Waals surface area contributed by atoms with Crippen molar-refractivity contribution in [1.29, 1.82) is 5.26 Å². The van der Waals surface area contributed by atoms with Crippen LogP contribution in [0.15, 0.2) is 54.9 Å². The van der Waals surface area contributed by atoms with Crippen LogP contribution in [0.4, 0.5) is 10.1 Å². The van der Waals surface area contributed by atoms with Crippen LogP contribution in [0.2, 0.25) is 0 Å². The van der Waals surface area contributed by atoms with Gasteiger partial charge >= 0.3 is 0 Å². The van der Waals surface area contributed by atoms with Crippen molar-refractivity contribution < 1.29 is 14.0 Å². The van der Waals surface area contributed by atoms with Gasteiger partial charge in [-0.2, -0.15) is 10.4 Å². The van der Waals surface area contributed by atoms with E-state index >= 15 is 0 Å². The number of fused-ring (bicyclic) bond motifs is 1. The number of hydrogen-bond donors (Lipinski definition) is 2. The Hall–Kier alpha value is -3.99. The molecule has 7 nitrogen and oxygen atoms in total. The third-order valence-corrected chi connectivity index (χ3v) is 5.50. The summed E-state index contributed by atoms with van der Waals surface area (Å²) < 4.78 is 13.7. The standard InChI is InChI=1S/C24H22FN5O2/c1-14(2)13-30-22(16-11-27-28-12-16)21(18-5-3-4-6-19(18)24(30)32)23(31)29-17-7-8-20(25)15(9-17)10-26/h3-9,11-12,14,21-22H,13H2,1-2H3,(H,27,28)(H,29,31)/t21-,22+/m1/s1. The number of anilines is 1. The highest BCUT2D eigenvalue weighted by atomic mass is 19.1. The lowest BCUT2D eigenvalue weighted by Crippen LogP contribution is -2.47. The number of halogens is 1. The van der Waals surface area contributed by atoms with Crippen LogP contribution in [0.5, 0.6) is 0 Å². The van der Waals surface area contributed by atoms with E-state index in [-0.39, 0.29) is 23.3 Å². The summed E-state index contributed by atoms with van der Waals surface area (Å²) in [6.45, 7) is 4.48. The highest BCUT2D eigenvalue weighted by Crippen LogP contribution is 2.43. The Labute approximate surface area is 184 Å². The number of nitrogens with zero attached hydrogens (tertiary/aromatic N) is 3. The predicted octanol–water partition coefficient (Wildman–Crippen LogP) is 4.00. The van der Waals surface area contributed by atoms with Crippen LogP contribution >= 0.6 is 0 Å². The van der Waals surface area contributed by atoms with E-state index in [0.29, 0.717) is 28.9 Å². The van der Waals surface area contributed by atoms with Crippen LogP contribution < -0.4 is 5.32 Å². The molecular weight excluding hydrogens is 409 g/mol. The van der Waals surface area contributed by atoms with Gasteiger partial charge in [-0.05, 0) is 35.7 Å². The Morgan fingerprint density at radius 2 is 2.09 bits per heavy atom. The fourth-order valence-electron chi connectivity index (χ4n) is 4.17. The Kier molecular flexibility index (Phi) is 5.73. The lowest BCUT2D eigenvalue weighted by Gasteiger charge is -2.42. The molecule has 0 radical (unpaired) electrons. The summed E-state index contributed by atoms with van der Waals surface area (Å²) in [4.78, 5) is 28.7. The number of nitrogens with one attached hydrogen (secondary N) is 2. The van der Waals surface area contributed by atoms with Crippen LogP contribution in [-0.4, -0.2) is 33.5 Å². The SMILES string of the molecule is CC(C)CN1C(=O)c2ccccc2[C@@H](C(=O)Nc2ccc(F)c(C#N)c2)[C@@H]1c1cn[nH]c1. The molecule has 1 aliphatic heterocycles. The molecule has 0 bridgehead atoms. The number of benzene rings is 2. The second-order valence-corrected chi connectivity index (χ2v) is 8.19. The number of hydrogen-bond acceptors (Lipinski definition) is 4. The van der Waals surface area contributed by atoms with Gasteiger partial charge in [-0.25, -0.2) is 4.39 Å². The number of amides is 2. The van der Waals surface area contributed by atoms with Crippen molar-refractivity contribution in [3.8, 4) is 6.07 Å². The van der Waals surface area contributed by atoms with Crippen LogP contribution in [0.25, 0.3) is 0 Å². The fraction of sp³-hybridized carbons (Fsp3) is 0.250. The third-order valence-electron chi connectivity index (χ3n) is 5.50. The molecule has 3 aromatic rings. The molecule has 0 aliphatic carbocycles. The van der Waals surface area contributed by atoms with Crippen molar-refractivity contribution in [2.24, 2.45) is 5.92 Å². The summed E-state index contributed by atoms with van der Waals surface area (Å²) in [5.41, 5.74) is 1.96. The van der Waals surface area contributed by atoms with Gasteiger partial charge in [0.15, 0.2) is 0 Å². The molecule has 1 aromatic heterocycles. The zero-order valence-electron chi connectivity index (χ0n) is 17.7. The van der Waals surface area contributed by atoms with Gasteiger partial charge in [0.05, 0.1) is 23.7 Å². The highest BCUT2D eigenvalue weighted by Gasteiger charge is 2.44. The van der Waals surface area contributed by atoms with Gasteiger partial charge in [-0.1, -0.05) is 32.0 Å². The van der Waals surface area contributed by atoms with E-state index in [9.17, 15) is 14.0 Å². The summed E-state index contributed by atoms with van der Waals surface area (Å²) in [6.07, 6.45) is 3.30. The number of carbonyl (C=O) groups excluding carboxylic acids is 2. The smallest absolute Gasteiger partial charge is 0.254 e. The number of aromatic amines is 1. The molecule has 32 heavy (non-hydrogen) atoms. The van der Waals surface area contributed by atoms with E-state index in [1.54, 1.807) is 47.6 Å². The van der Waals surface area contributed by atoms with Crippen molar-refractivity contribution in [2.75, 3.05) is 11.9 Å². The molecule has 2 aromatic carbocycles. The van der Waals surface area contributed by atoms with Crippen molar-refractivity contribution in [3.63, 3.8) is 0 Å². The van der Waals surface area contributed by atoms with E-state index < -0.39 is 17.8 Å². The number of rotatable bonds is 5. The second kappa shape index (κ2) is 8.63. The normalized spacial score (nSPS) is 17.7. The Bertz CT molecular complexity index is 1200. The average molecular weight is 431 g/mol. The molecule has 0 spiro atoms. The first-order chi connectivity index (χ1) is 15.4. The maximum absolute atomic E-state index is 13.7. The predicted molar refractivity (Wildman–Crippen MR) is 116 cm³/mol. The maximum atomic E-state index is 13.7. The molecule has 162 valence electrons. The van der Waals surface area contributed by atoms with E-state index in [1.165, 1.54) is 12.1 Å². The molecule has 2 N–H and O–H groups in total. The molecular formula is C24H22FN5O2. The lowest BCUT2D eigenvalue weighted by molar-refractivity contribution is -0.119. The summed E-state index contributed by atoms with van der Waals surface area (Å²) in [5.74, 6) is -1.70. The number of aromatic nitrogens is 2. The van der Waals surface area contributed by atoms with Gasteiger partial charge in [-0.3, -0.25) is 14.7 Å². The zero-order valence-corrected chi connectivity index (χ0v) is 17.7. The van der Waals surface area contributed by atoms with Gasteiger partial charge < -0.3 is 10.2 Å². The molecule has 1 aliphatic rings. The van der Waals surface area contributed by atoms with Gasteiger partial charge in [0.2, 0.25) is 5.91 Å². The highest BCUT2D eigenvalue weighted by molar-refractivity contribution is 6.04. The zero-order chi connectivity index (χ0) is 22.8. The topological polar surface area (TPSA) is 102 Å². The number of nitriles is 1. The van der Waals surface area contributed by atoms with Gasteiger partial charge in [0.1, 0.15) is 11.9 Å². The van der Waals surface area contributed by atoms with Crippen LogP contribution in [0.3, 0.4) is 0 Å². The molecule has 2 amide bonds. The van der Waals surface area contributed by atoms with Gasteiger partial charge in [0.25, 0.3) is 5.91 Å². The maximum Gasteiger partial charge on any atom is 0.254 e. The fourth-order valence-corrected chi connectivity index (χ4v) is 4.17. The molecule has 8 heteroatoms. The van der Waals surface area contributed by atoms with E-state index in [1.807, 2.05) is 13.8 Å². The summed E-state index contributed by atoms with van der Waals surface area (Å²) in [6, 6.07) is 12.1. The van der Waals surface area contributed by atoms with Crippen LogP contribution in [-0.2, 0) is 4.79 Å². The molecule has 0 saturated heterocycles. The van der Waals surface area contributed by atoms with E-state index in [2.05, 4.69) is 15.5 Å². The summed E-state index contributed by atoms with van der Waals surface area (Å²) in [5, 5.41) is 18.7. The Morgan fingerprint density at radius 3 is 2.78 bits per heavy atom. The van der Waals surface area contributed by atoms with Crippen molar-refractivity contribution in [2.45, 2.75) is 25.8 Å². The Morgan fingerprint density at radius 1 is 1.31 bits per heavy atom. The molecule has 2 atom stereocenters. The number of carbonyl (C=O) groups is 2.